The van der Waals surface area contributed by atoms with Crippen molar-refractivity contribution >= 4 is 5.78 Å². The van der Waals surface area contributed by atoms with E-state index in [4.69, 9.17) is 28.4 Å². The molecule has 7 heteroatoms. The Bertz CT molecular complexity index is 1700. The molecule has 0 aromatic heterocycles. The molecule has 0 saturated heterocycles. The van der Waals surface area contributed by atoms with Gasteiger partial charge >= 0.3 is 0 Å². The van der Waals surface area contributed by atoms with Crippen molar-refractivity contribution in [1.82, 2.24) is 0 Å². The number of ether oxygens (including phenoxy) is 6. The van der Waals surface area contributed by atoms with Crippen molar-refractivity contribution in [3.63, 3.8) is 0 Å². The number of rotatable bonds is 21. The Morgan fingerprint density at radius 3 is 1.08 bits per heavy atom. The normalized spacial score (nSPS) is 11.1. The lowest BCUT2D eigenvalue weighted by molar-refractivity contribution is -0.00978. The summed E-state index contributed by atoms with van der Waals surface area (Å²) in [7, 11) is 1.65. The van der Waals surface area contributed by atoms with Crippen LogP contribution in [0.15, 0.2) is 121 Å². The molecule has 0 aliphatic heterocycles. The minimum absolute atomic E-state index is 0.0309. The Balaban J connectivity index is 0.995. The summed E-state index contributed by atoms with van der Waals surface area (Å²) in [5, 5.41) is 0. The maximum Gasteiger partial charge on any atom is 0.193 e. The molecule has 5 aromatic rings. The molecule has 0 heterocycles. The molecule has 7 nitrogen and oxygen atoms in total. The van der Waals surface area contributed by atoms with E-state index in [-0.39, 0.29) is 5.78 Å². The van der Waals surface area contributed by atoms with Crippen LogP contribution in [-0.2, 0) is 23.7 Å². The third kappa shape index (κ3) is 11.5. The lowest BCUT2D eigenvalue weighted by Crippen LogP contribution is -2.14. The van der Waals surface area contributed by atoms with Gasteiger partial charge in [-0.25, -0.2) is 0 Å². The van der Waals surface area contributed by atoms with Crippen LogP contribution in [0.5, 0.6) is 5.75 Å². The highest BCUT2D eigenvalue weighted by Gasteiger charge is 2.10. The van der Waals surface area contributed by atoms with E-state index in [1.165, 1.54) is 22.3 Å². The lowest BCUT2D eigenvalue weighted by Gasteiger charge is -2.09. The zero-order valence-corrected chi connectivity index (χ0v) is 29.0. The maximum atomic E-state index is 13.2. The molecular formula is C43H46O7. The highest BCUT2D eigenvalue weighted by atomic mass is 16.6. The standard InChI is InChI=1S/C43H46O7/c1-33-3-5-34(6-4-33)35-7-9-36(10-8-35)37-11-13-38(14-12-37)39-15-17-40(18-16-39)43(44)41-19-21-42(22-20-41)50-32-31-49-30-29-48-28-27-47-26-25-46-24-23-45-2/h3-22H,23-32H2,1-2H3. The number of ketones is 1. The Labute approximate surface area is 295 Å². The molecule has 260 valence electrons. The van der Waals surface area contributed by atoms with Gasteiger partial charge in [0.15, 0.2) is 5.78 Å². The number of carbonyl (C=O) groups is 1. The molecule has 0 N–H and O–H groups in total. The van der Waals surface area contributed by atoms with Crippen LogP contribution < -0.4 is 4.74 Å². The van der Waals surface area contributed by atoms with E-state index >= 15 is 0 Å². The van der Waals surface area contributed by atoms with E-state index in [1.807, 2.05) is 36.4 Å². The van der Waals surface area contributed by atoms with Crippen molar-refractivity contribution in [2.45, 2.75) is 6.92 Å². The quantitative estimate of drug-likeness (QED) is 0.0573. The minimum Gasteiger partial charge on any atom is -0.491 e. The van der Waals surface area contributed by atoms with E-state index in [9.17, 15) is 4.79 Å². The molecule has 0 atom stereocenters. The number of benzene rings is 5. The van der Waals surface area contributed by atoms with E-state index in [2.05, 4.69) is 79.7 Å². The van der Waals surface area contributed by atoms with Crippen LogP contribution in [0, 0.1) is 6.92 Å². The van der Waals surface area contributed by atoms with Gasteiger partial charge in [0.1, 0.15) is 12.4 Å². The zero-order chi connectivity index (χ0) is 34.8. The van der Waals surface area contributed by atoms with Crippen molar-refractivity contribution in [2.24, 2.45) is 0 Å². The molecule has 0 aliphatic carbocycles. The molecule has 0 aliphatic rings. The summed E-state index contributed by atoms with van der Waals surface area (Å²) in [5.41, 5.74) is 9.43. The van der Waals surface area contributed by atoms with Crippen molar-refractivity contribution < 1.29 is 33.2 Å². The SMILES string of the molecule is COCCOCCOCCOCCOCCOc1ccc(C(=O)c2ccc(-c3ccc(-c4ccc(-c5ccc(C)cc5)cc4)cc3)cc2)cc1. The molecular weight excluding hydrogens is 628 g/mol. The molecule has 0 amide bonds. The van der Waals surface area contributed by atoms with Crippen LogP contribution in [-0.4, -0.2) is 79.0 Å². The second-order valence-electron chi connectivity index (χ2n) is 11.7. The van der Waals surface area contributed by atoms with Gasteiger partial charge in [0.25, 0.3) is 0 Å². The average molecular weight is 675 g/mol. The first-order valence-corrected chi connectivity index (χ1v) is 17.1. The van der Waals surface area contributed by atoms with Crippen LogP contribution in [0.1, 0.15) is 21.5 Å². The fourth-order valence-corrected chi connectivity index (χ4v) is 5.26. The smallest absolute Gasteiger partial charge is 0.193 e. The van der Waals surface area contributed by atoms with Gasteiger partial charge in [-0.15, -0.1) is 0 Å². The second-order valence-corrected chi connectivity index (χ2v) is 11.7. The fourth-order valence-electron chi connectivity index (χ4n) is 5.26. The first kappa shape index (κ1) is 36.6. The molecule has 0 unspecified atom stereocenters. The zero-order valence-electron chi connectivity index (χ0n) is 29.0. The number of hydrogen-bond donors (Lipinski definition) is 0. The predicted octanol–water partition coefficient (Wildman–Crippen LogP) is 8.32. The summed E-state index contributed by atoms with van der Waals surface area (Å²) < 4.78 is 32.5. The highest BCUT2D eigenvalue weighted by molar-refractivity contribution is 6.09. The van der Waals surface area contributed by atoms with Gasteiger partial charge in [0, 0.05) is 18.2 Å². The van der Waals surface area contributed by atoms with E-state index in [1.54, 1.807) is 19.2 Å². The van der Waals surface area contributed by atoms with Gasteiger partial charge in [0.2, 0.25) is 0 Å². The fraction of sp³-hybridized carbons (Fsp3) is 0.279. The summed E-state index contributed by atoms with van der Waals surface area (Å²) in [6.07, 6.45) is 0. The van der Waals surface area contributed by atoms with E-state index in [0.29, 0.717) is 82.9 Å². The summed E-state index contributed by atoms with van der Waals surface area (Å²) in [4.78, 5) is 13.2. The first-order chi connectivity index (χ1) is 24.6. The Morgan fingerprint density at radius 2 is 0.700 bits per heavy atom. The summed E-state index contributed by atoms with van der Waals surface area (Å²) in [6.45, 7) is 7.17. The average Bonchev–Trinajstić information content (AvgIpc) is 3.17. The number of hydrogen-bond acceptors (Lipinski definition) is 7. The highest BCUT2D eigenvalue weighted by Crippen LogP contribution is 2.28. The van der Waals surface area contributed by atoms with Gasteiger partial charge in [-0.05, 0) is 64.6 Å². The number of carbonyl (C=O) groups excluding carboxylic acids is 1. The Hall–Kier alpha value is -4.63. The molecule has 0 radical (unpaired) electrons. The number of methoxy groups -OCH3 is 1. The monoisotopic (exact) mass is 674 g/mol. The van der Waals surface area contributed by atoms with Gasteiger partial charge in [0.05, 0.1) is 59.5 Å². The van der Waals surface area contributed by atoms with Crippen LogP contribution in [0.2, 0.25) is 0 Å². The van der Waals surface area contributed by atoms with Crippen LogP contribution >= 0.6 is 0 Å². The first-order valence-electron chi connectivity index (χ1n) is 17.1. The largest absolute Gasteiger partial charge is 0.491 e. The molecule has 5 rings (SSSR count). The van der Waals surface area contributed by atoms with Crippen molar-refractivity contribution in [3.8, 4) is 39.1 Å². The van der Waals surface area contributed by atoms with Gasteiger partial charge in [-0.3, -0.25) is 4.79 Å². The summed E-state index contributed by atoms with van der Waals surface area (Å²) in [5.74, 6) is 0.655. The third-order valence-electron chi connectivity index (χ3n) is 8.13. The molecule has 0 bridgehead atoms. The van der Waals surface area contributed by atoms with Crippen molar-refractivity contribution in [2.75, 3.05) is 73.2 Å². The summed E-state index contributed by atoms with van der Waals surface area (Å²) in [6, 6.07) is 40.8. The lowest BCUT2D eigenvalue weighted by atomic mass is 9.96. The minimum atomic E-state index is -0.0309. The van der Waals surface area contributed by atoms with Gasteiger partial charge < -0.3 is 28.4 Å². The van der Waals surface area contributed by atoms with Gasteiger partial charge in [-0.1, -0.05) is 103 Å². The van der Waals surface area contributed by atoms with Gasteiger partial charge in [-0.2, -0.15) is 0 Å². The topological polar surface area (TPSA) is 72.5 Å². The second kappa shape index (κ2) is 20.1. The number of aryl methyl sites for hydroxylation is 1. The van der Waals surface area contributed by atoms with Crippen LogP contribution in [0.4, 0.5) is 0 Å². The van der Waals surface area contributed by atoms with Crippen molar-refractivity contribution in [3.05, 3.63) is 138 Å². The molecule has 50 heavy (non-hydrogen) atoms. The molecule has 0 saturated carbocycles. The van der Waals surface area contributed by atoms with E-state index < -0.39 is 0 Å². The summed E-state index contributed by atoms with van der Waals surface area (Å²) >= 11 is 0. The van der Waals surface area contributed by atoms with Crippen LogP contribution in [0.25, 0.3) is 33.4 Å². The van der Waals surface area contributed by atoms with Crippen molar-refractivity contribution in [1.29, 1.82) is 0 Å². The molecule has 0 spiro atoms. The predicted molar refractivity (Wildman–Crippen MR) is 198 cm³/mol. The Morgan fingerprint density at radius 1 is 0.400 bits per heavy atom. The molecule has 0 fully saturated rings. The maximum absolute atomic E-state index is 13.2. The third-order valence-corrected chi connectivity index (χ3v) is 8.13. The van der Waals surface area contributed by atoms with Crippen LogP contribution in [0.3, 0.4) is 0 Å². The molecule has 5 aromatic carbocycles. The Kier molecular flexibility index (Phi) is 14.8. The van der Waals surface area contributed by atoms with E-state index in [0.717, 1.165) is 16.7 Å².